The number of nitrogens with one attached hydrogen (secondary N) is 1. The average molecular weight is 290 g/mol. The second kappa shape index (κ2) is 7.25. The van der Waals surface area contributed by atoms with E-state index >= 15 is 0 Å². The van der Waals surface area contributed by atoms with Crippen LogP contribution in [0.5, 0.6) is 0 Å². The number of aliphatic hydroxyl groups is 1. The van der Waals surface area contributed by atoms with Crippen LogP contribution in [0.4, 0.5) is 18.9 Å². The molecule has 0 aliphatic rings. The van der Waals surface area contributed by atoms with Gasteiger partial charge in [0.1, 0.15) is 0 Å². The topological polar surface area (TPSA) is 52.6 Å². The fraction of sp³-hybridized carbons (Fsp3) is 0.462. The van der Waals surface area contributed by atoms with Gasteiger partial charge >= 0.3 is 0 Å². The van der Waals surface area contributed by atoms with E-state index in [1.165, 1.54) is 0 Å². The summed E-state index contributed by atoms with van der Waals surface area (Å²) in [7, 11) is 1.66. The number of hydrogen-bond donors (Lipinski definition) is 2. The lowest BCUT2D eigenvalue weighted by molar-refractivity contribution is -0.117. The molecule has 0 aliphatic heterocycles. The first-order chi connectivity index (χ1) is 9.31. The zero-order valence-electron chi connectivity index (χ0n) is 11.3. The summed E-state index contributed by atoms with van der Waals surface area (Å²) in [5.41, 5.74) is -0.405. The molecule has 20 heavy (non-hydrogen) atoms. The number of halogens is 3. The summed E-state index contributed by atoms with van der Waals surface area (Å²) in [6.45, 7) is 2.06. The molecule has 1 aromatic rings. The fourth-order valence-electron chi connectivity index (χ4n) is 1.54. The van der Waals surface area contributed by atoms with Crippen molar-refractivity contribution < 1.29 is 23.1 Å². The minimum atomic E-state index is -1.62. The molecule has 4 nitrogen and oxygen atoms in total. The maximum absolute atomic E-state index is 13.3. The van der Waals surface area contributed by atoms with E-state index in [2.05, 4.69) is 5.32 Å². The molecule has 1 aromatic carbocycles. The molecule has 0 radical (unpaired) electrons. The van der Waals surface area contributed by atoms with Crippen molar-refractivity contribution >= 4 is 11.6 Å². The van der Waals surface area contributed by atoms with E-state index in [-0.39, 0.29) is 6.54 Å². The van der Waals surface area contributed by atoms with Crippen molar-refractivity contribution in [2.45, 2.75) is 19.4 Å². The molecule has 0 fully saturated rings. The van der Waals surface area contributed by atoms with E-state index in [4.69, 9.17) is 5.11 Å². The standard InChI is InChI=1S/C13H17F3N2O2/c1-8(19)5-6-18(2)7-11(20)17-10-4-3-9(14)12(15)13(10)16/h3-4,8,19H,5-7H2,1-2H3,(H,17,20). The third kappa shape index (κ3) is 4.82. The lowest BCUT2D eigenvalue weighted by atomic mass is 10.2. The van der Waals surface area contributed by atoms with Gasteiger partial charge in [-0.2, -0.15) is 0 Å². The molecular formula is C13H17F3N2O2. The Bertz CT molecular complexity index is 481. The van der Waals surface area contributed by atoms with Gasteiger partial charge in [-0.3, -0.25) is 9.69 Å². The molecule has 0 bridgehead atoms. The van der Waals surface area contributed by atoms with Gasteiger partial charge in [-0.15, -0.1) is 0 Å². The number of carbonyl (C=O) groups excluding carboxylic acids is 1. The van der Waals surface area contributed by atoms with Gasteiger partial charge in [-0.25, -0.2) is 13.2 Å². The van der Waals surface area contributed by atoms with Gasteiger partial charge in [-0.1, -0.05) is 0 Å². The van der Waals surface area contributed by atoms with Crippen LogP contribution < -0.4 is 5.32 Å². The van der Waals surface area contributed by atoms with Crippen LogP contribution in [0.25, 0.3) is 0 Å². The lowest BCUT2D eigenvalue weighted by Crippen LogP contribution is -2.32. The molecule has 0 spiro atoms. The number of benzene rings is 1. The second-order valence-corrected chi connectivity index (χ2v) is 4.65. The van der Waals surface area contributed by atoms with Crippen molar-refractivity contribution in [3.05, 3.63) is 29.6 Å². The Morgan fingerprint density at radius 1 is 1.35 bits per heavy atom. The van der Waals surface area contributed by atoms with E-state index in [9.17, 15) is 18.0 Å². The molecule has 0 saturated heterocycles. The highest BCUT2D eigenvalue weighted by Gasteiger charge is 2.16. The van der Waals surface area contributed by atoms with Crippen molar-refractivity contribution in [2.24, 2.45) is 0 Å². The van der Waals surface area contributed by atoms with Crippen molar-refractivity contribution in [1.29, 1.82) is 0 Å². The molecule has 0 saturated carbocycles. The maximum Gasteiger partial charge on any atom is 0.238 e. The monoisotopic (exact) mass is 290 g/mol. The van der Waals surface area contributed by atoms with E-state index in [0.717, 1.165) is 12.1 Å². The maximum atomic E-state index is 13.3. The Kier molecular flexibility index (Phi) is 5.97. The molecule has 112 valence electrons. The highest BCUT2D eigenvalue weighted by Crippen LogP contribution is 2.19. The number of hydrogen-bond acceptors (Lipinski definition) is 3. The summed E-state index contributed by atoms with van der Waals surface area (Å²) in [6.07, 6.45) is 0.00713. The van der Waals surface area contributed by atoms with Crippen LogP contribution in [0.2, 0.25) is 0 Å². The molecule has 1 rings (SSSR count). The summed E-state index contributed by atoms with van der Waals surface area (Å²) < 4.78 is 39.0. The Labute approximate surface area is 115 Å². The third-order valence-corrected chi connectivity index (χ3v) is 2.65. The molecule has 7 heteroatoms. The summed E-state index contributed by atoms with van der Waals surface area (Å²) in [6, 6.07) is 1.70. The van der Waals surface area contributed by atoms with Gasteiger partial charge in [0, 0.05) is 6.54 Å². The van der Waals surface area contributed by atoms with Crippen molar-refractivity contribution in [2.75, 3.05) is 25.5 Å². The molecule has 2 N–H and O–H groups in total. The number of amides is 1. The van der Waals surface area contributed by atoms with Crippen molar-refractivity contribution in [3.63, 3.8) is 0 Å². The van der Waals surface area contributed by atoms with Crippen LogP contribution in [0.3, 0.4) is 0 Å². The average Bonchev–Trinajstić information content (AvgIpc) is 2.37. The molecule has 0 aromatic heterocycles. The summed E-state index contributed by atoms with van der Waals surface area (Å²) in [5, 5.41) is 11.3. The molecule has 0 heterocycles. The summed E-state index contributed by atoms with van der Waals surface area (Å²) in [5.74, 6) is -4.91. The Morgan fingerprint density at radius 3 is 2.60 bits per heavy atom. The van der Waals surface area contributed by atoms with Crippen LogP contribution in [-0.2, 0) is 4.79 Å². The SMILES string of the molecule is CC(O)CCN(C)CC(=O)Nc1ccc(F)c(F)c1F. The van der Waals surface area contributed by atoms with Crippen molar-refractivity contribution in [1.82, 2.24) is 4.90 Å². The van der Waals surface area contributed by atoms with Gasteiger partial charge < -0.3 is 10.4 Å². The number of rotatable bonds is 6. The van der Waals surface area contributed by atoms with E-state index < -0.39 is 35.2 Å². The minimum Gasteiger partial charge on any atom is -0.393 e. The smallest absolute Gasteiger partial charge is 0.238 e. The normalized spacial score (nSPS) is 12.6. The van der Waals surface area contributed by atoms with Crippen LogP contribution in [0.1, 0.15) is 13.3 Å². The third-order valence-electron chi connectivity index (χ3n) is 2.65. The van der Waals surface area contributed by atoms with Crippen molar-refractivity contribution in [3.8, 4) is 0 Å². The number of aliphatic hydroxyl groups excluding tert-OH is 1. The fourth-order valence-corrected chi connectivity index (χ4v) is 1.54. The summed E-state index contributed by atoms with van der Waals surface area (Å²) >= 11 is 0. The van der Waals surface area contributed by atoms with Crippen LogP contribution in [-0.4, -0.2) is 42.2 Å². The first kappa shape index (κ1) is 16.5. The highest BCUT2D eigenvalue weighted by molar-refractivity contribution is 5.92. The van der Waals surface area contributed by atoms with Gasteiger partial charge in [0.05, 0.1) is 18.3 Å². The first-order valence-corrected chi connectivity index (χ1v) is 6.11. The Balaban J connectivity index is 2.57. The molecule has 1 amide bonds. The Morgan fingerprint density at radius 2 is 2.00 bits per heavy atom. The van der Waals surface area contributed by atoms with Gasteiger partial charge in [0.25, 0.3) is 0 Å². The zero-order chi connectivity index (χ0) is 15.3. The molecule has 0 aliphatic carbocycles. The van der Waals surface area contributed by atoms with E-state index in [1.54, 1.807) is 18.9 Å². The van der Waals surface area contributed by atoms with Crippen LogP contribution >= 0.6 is 0 Å². The largest absolute Gasteiger partial charge is 0.393 e. The molecule has 1 atom stereocenters. The quantitative estimate of drug-likeness (QED) is 0.785. The Hall–Kier alpha value is -1.60. The number of likely N-dealkylation sites (N-methyl/N-ethyl adjacent to an activating group) is 1. The van der Waals surface area contributed by atoms with Gasteiger partial charge in [0.2, 0.25) is 5.91 Å². The predicted molar refractivity (Wildman–Crippen MR) is 68.7 cm³/mol. The van der Waals surface area contributed by atoms with E-state index in [0.29, 0.717) is 13.0 Å². The highest BCUT2D eigenvalue weighted by atomic mass is 19.2. The number of anilines is 1. The first-order valence-electron chi connectivity index (χ1n) is 6.11. The minimum absolute atomic E-state index is 0.0504. The van der Waals surface area contributed by atoms with Crippen LogP contribution in [0, 0.1) is 17.5 Å². The van der Waals surface area contributed by atoms with E-state index in [1.807, 2.05) is 0 Å². The zero-order valence-corrected chi connectivity index (χ0v) is 11.3. The second-order valence-electron chi connectivity index (χ2n) is 4.65. The number of nitrogens with zero attached hydrogens (tertiary/aromatic N) is 1. The summed E-state index contributed by atoms with van der Waals surface area (Å²) in [4.78, 5) is 13.2. The van der Waals surface area contributed by atoms with Gasteiger partial charge in [0.15, 0.2) is 17.5 Å². The molecular weight excluding hydrogens is 273 g/mol. The predicted octanol–water partition coefficient (Wildman–Crippen LogP) is 1.75. The van der Waals surface area contributed by atoms with Gasteiger partial charge in [-0.05, 0) is 32.5 Å². The molecule has 1 unspecified atom stereocenters. The number of carbonyl (C=O) groups is 1. The van der Waals surface area contributed by atoms with Crippen LogP contribution in [0.15, 0.2) is 12.1 Å². The lowest BCUT2D eigenvalue weighted by Gasteiger charge is -2.17.